The van der Waals surface area contributed by atoms with Crippen LogP contribution in [0.15, 0.2) is 42.7 Å². The van der Waals surface area contributed by atoms with Crippen molar-refractivity contribution in [3.05, 3.63) is 65.4 Å². The van der Waals surface area contributed by atoms with E-state index in [1.54, 1.807) is 4.68 Å². The number of ether oxygens (including phenoxy) is 1. The van der Waals surface area contributed by atoms with Gasteiger partial charge in [0.25, 0.3) is 0 Å². The molecule has 0 radical (unpaired) electrons. The Morgan fingerprint density at radius 3 is 2.76 bits per heavy atom. The van der Waals surface area contributed by atoms with Gasteiger partial charge in [-0.15, -0.1) is 0 Å². The minimum atomic E-state index is -0.297. The van der Waals surface area contributed by atoms with Crippen LogP contribution < -0.4 is 0 Å². The maximum absolute atomic E-state index is 12.7. The SMILES string of the molecule is CC(=O)OCCn1cc(-c2nc(C)nc3c2CC[C@H]2[C@H](C)C(=O)CC[C@]32c2ccccc2)cn1. The van der Waals surface area contributed by atoms with Crippen molar-refractivity contribution in [1.29, 1.82) is 0 Å². The molecule has 0 N–H and O–H groups in total. The predicted octanol–water partition coefficient (Wildman–Crippen LogP) is 4.06. The Balaban J connectivity index is 1.62. The number of nitrogens with zero attached hydrogens (tertiary/aromatic N) is 4. The molecular weight excluding hydrogens is 428 g/mol. The molecule has 1 aromatic carbocycles. The minimum absolute atomic E-state index is 0.00449. The summed E-state index contributed by atoms with van der Waals surface area (Å²) >= 11 is 0. The van der Waals surface area contributed by atoms with Gasteiger partial charge in [0, 0.05) is 42.0 Å². The van der Waals surface area contributed by atoms with Gasteiger partial charge in [-0.3, -0.25) is 14.3 Å². The summed E-state index contributed by atoms with van der Waals surface area (Å²) in [4.78, 5) is 33.7. The van der Waals surface area contributed by atoms with E-state index < -0.39 is 0 Å². The Morgan fingerprint density at radius 1 is 1.21 bits per heavy atom. The van der Waals surface area contributed by atoms with Gasteiger partial charge in [-0.2, -0.15) is 5.10 Å². The van der Waals surface area contributed by atoms with E-state index >= 15 is 0 Å². The van der Waals surface area contributed by atoms with Crippen LogP contribution >= 0.6 is 0 Å². The zero-order valence-corrected chi connectivity index (χ0v) is 20.0. The Hall–Kier alpha value is -3.35. The van der Waals surface area contributed by atoms with Crippen LogP contribution in [0.25, 0.3) is 11.3 Å². The molecule has 2 aromatic heterocycles. The summed E-state index contributed by atoms with van der Waals surface area (Å²) < 4.78 is 6.84. The zero-order chi connectivity index (χ0) is 23.9. The Kier molecular flexibility index (Phi) is 5.80. The molecule has 34 heavy (non-hydrogen) atoms. The summed E-state index contributed by atoms with van der Waals surface area (Å²) in [6.45, 7) is 6.20. The van der Waals surface area contributed by atoms with E-state index in [0.717, 1.165) is 47.6 Å². The predicted molar refractivity (Wildman–Crippen MR) is 127 cm³/mol. The molecule has 2 aliphatic carbocycles. The normalized spacial score (nSPS) is 23.8. The number of carbonyl (C=O) groups excluding carboxylic acids is 2. The topological polar surface area (TPSA) is 87.0 Å². The number of hydrogen-bond donors (Lipinski definition) is 0. The highest BCUT2D eigenvalue weighted by atomic mass is 16.5. The smallest absolute Gasteiger partial charge is 0.302 e. The number of esters is 1. The Labute approximate surface area is 199 Å². The zero-order valence-electron chi connectivity index (χ0n) is 20.0. The quantitative estimate of drug-likeness (QED) is 0.536. The first kappa shape index (κ1) is 22.4. The summed E-state index contributed by atoms with van der Waals surface area (Å²) in [6, 6.07) is 10.6. The van der Waals surface area contributed by atoms with Crippen LogP contribution in [-0.2, 0) is 32.7 Å². The first-order valence-corrected chi connectivity index (χ1v) is 12.0. The number of rotatable bonds is 5. The lowest BCUT2D eigenvalue weighted by Crippen LogP contribution is -2.50. The number of hydrogen-bond acceptors (Lipinski definition) is 6. The molecule has 0 aliphatic heterocycles. The molecule has 2 aliphatic rings. The van der Waals surface area contributed by atoms with Crippen LogP contribution in [0.5, 0.6) is 0 Å². The van der Waals surface area contributed by atoms with E-state index in [1.165, 1.54) is 12.5 Å². The first-order chi connectivity index (χ1) is 16.4. The highest BCUT2D eigenvalue weighted by Crippen LogP contribution is 2.55. The largest absolute Gasteiger partial charge is 0.464 e. The van der Waals surface area contributed by atoms with Crippen LogP contribution in [0.3, 0.4) is 0 Å². The number of carbonyl (C=O) groups is 2. The van der Waals surface area contributed by atoms with Gasteiger partial charge in [0.15, 0.2) is 0 Å². The lowest BCUT2D eigenvalue weighted by molar-refractivity contribution is -0.141. The summed E-state index contributed by atoms with van der Waals surface area (Å²) in [5, 5.41) is 4.47. The van der Waals surface area contributed by atoms with Crippen molar-refractivity contribution < 1.29 is 14.3 Å². The Morgan fingerprint density at radius 2 is 2.00 bits per heavy atom. The van der Waals surface area contributed by atoms with Crippen molar-refractivity contribution in [1.82, 2.24) is 19.7 Å². The molecular formula is C27H30N4O3. The van der Waals surface area contributed by atoms with Crippen LogP contribution in [-0.4, -0.2) is 38.1 Å². The molecule has 5 rings (SSSR count). The second-order valence-corrected chi connectivity index (χ2v) is 9.52. The minimum Gasteiger partial charge on any atom is -0.464 e. The Bertz CT molecular complexity index is 1240. The highest BCUT2D eigenvalue weighted by molar-refractivity contribution is 5.83. The van der Waals surface area contributed by atoms with Crippen LogP contribution in [0.4, 0.5) is 0 Å². The van der Waals surface area contributed by atoms with Gasteiger partial charge in [0.1, 0.15) is 18.2 Å². The molecule has 1 saturated carbocycles. The number of aromatic nitrogens is 4. The van der Waals surface area contributed by atoms with Gasteiger partial charge in [-0.05, 0) is 37.7 Å². The summed E-state index contributed by atoms with van der Waals surface area (Å²) in [7, 11) is 0. The van der Waals surface area contributed by atoms with Crippen molar-refractivity contribution in [3.63, 3.8) is 0 Å². The van der Waals surface area contributed by atoms with Crippen LogP contribution in [0.1, 0.15) is 55.8 Å². The van der Waals surface area contributed by atoms with E-state index in [0.29, 0.717) is 18.7 Å². The third-order valence-corrected chi connectivity index (χ3v) is 7.58. The van der Waals surface area contributed by atoms with Crippen LogP contribution in [0.2, 0.25) is 0 Å². The van der Waals surface area contributed by atoms with E-state index in [9.17, 15) is 9.59 Å². The first-order valence-electron chi connectivity index (χ1n) is 12.0. The molecule has 176 valence electrons. The van der Waals surface area contributed by atoms with Gasteiger partial charge in [0.05, 0.1) is 24.1 Å². The standard InChI is InChI=1S/C27H30N4O3/c1-17-23-10-9-22-25(20-15-28-31(16-20)13-14-34-19(3)32)29-18(2)30-26(22)27(23,12-11-24(17)33)21-7-5-4-6-8-21/h4-8,15-17,23H,9-14H2,1-3H3/t17-,23-,27+/m0/s1. The second kappa shape index (κ2) is 8.78. The molecule has 7 nitrogen and oxygen atoms in total. The molecule has 0 bridgehead atoms. The van der Waals surface area contributed by atoms with Gasteiger partial charge in [-0.1, -0.05) is 37.3 Å². The molecule has 1 fully saturated rings. The molecule has 2 heterocycles. The molecule has 7 heteroatoms. The average Bonchev–Trinajstić information content (AvgIpc) is 3.30. The summed E-state index contributed by atoms with van der Waals surface area (Å²) in [6.07, 6.45) is 6.88. The number of aryl methyl sites for hydroxylation is 1. The van der Waals surface area contributed by atoms with Gasteiger partial charge >= 0.3 is 5.97 Å². The number of fused-ring (bicyclic) bond motifs is 3. The van der Waals surface area contributed by atoms with E-state index in [4.69, 9.17) is 14.7 Å². The fourth-order valence-corrected chi connectivity index (χ4v) is 6.04. The fourth-order valence-electron chi connectivity index (χ4n) is 6.04. The molecule has 0 unspecified atom stereocenters. The van der Waals surface area contributed by atoms with E-state index in [2.05, 4.69) is 36.3 Å². The molecule has 0 spiro atoms. The van der Waals surface area contributed by atoms with E-state index in [1.807, 2.05) is 25.4 Å². The van der Waals surface area contributed by atoms with E-state index in [-0.39, 0.29) is 29.8 Å². The maximum Gasteiger partial charge on any atom is 0.302 e. The molecule has 3 atom stereocenters. The van der Waals surface area contributed by atoms with Crippen molar-refractivity contribution in [2.45, 2.75) is 58.4 Å². The molecule has 0 saturated heterocycles. The van der Waals surface area contributed by atoms with Crippen molar-refractivity contribution in [3.8, 4) is 11.3 Å². The average molecular weight is 459 g/mol. The van der Waals surface area contributed by atoms with Gasteiger partial charge < -0.3 is 4.74 Å². The molecule has 0 amide bonds. The van der Waals surface area contributed by atoms with Crippen molar-refractivity contribution in [2.24, 2.45) is 11.8 Å². The lowest BCUT2D eigenvalue weighted by Gasteiger charge is -2.50. The van der Waals surface area contributed by atoms with Gasteiger partial charge in [0.2, 0.25) is 0 Å². The lowest BCUT2D eigenvalue weighted by atomic mass is 9.52. The maximum atomic E-state index is 12.7. The van der Waals surface area contributed by atoms with Crippen molar-refractivity contribution in [2.75, 3.05) is 6.61 Å². The second-order valence-electron chi connectivity index (χ2n) is 9.52. The summed E-state index contributed by atoms with van der Waals surface area (Å²) in [5.74, 6) is 1.01. The van der Waals surface area contributed by atoms with Gasteiger partial charge in [-0.25, -0.2) is 9.97 Å². The fraction of sp³-hybridized carbons (Fsp3) is 0.444. The number of Topliss-reactive ketones (excluding diaryl/α,β-unsaturated/α-hetero) is 1. The van der Waals surface area contributed by atoms with Crippen LogP contribution in [0, 0.1) is 18.8 Å². The number of ketones is 1. The van der Waals surface area contributed by atoms with Crippen molar-refractivity contribution >= 4 is 11.8 Å². The third kappa shape index (κ3) is 3.73. The summed E-state index contributed by atoms with van der Waals surface area (Å²) in [5.41, 5.74) is 5.03. The molecule has 3 aromatic rings. The number of benzene rings is 1. The highest BCUT2D eigenvalue weighted by Gasteiger charge is 2.53. The monoisotopic (exact) mass is 458 g/mol. The third-order valence-electron chi connectivity index (χ3n) is 7.58.